The highest BCUT2D eigenvalue weighted by atomic mass is 16.5. The lowest BCUT2D eigenvalue weighted by Gasteiger charge is -2.06. The molecule has 15 heavy (non-hydrogen) atoms. The monoisotopic (exact) mass is 206 g/mol. The Morgan fingerprint density at radius 3 is 2.73 bits per heavy atom. The lowest BCUT2D eigenvalue weighted by molar-refractivity contribution is 0.0689. The number of carboxylic acid groups (broad SMARTS) is 1. The van der Waals surface area contributed by atoms with Crippen molar-refractivity contribution in [1.29, 1.82) is 0 Å². The molecule has 5 heteroatoms. The van der Waals surface area contributed by atoms with Crippen LogP contribution in [0.5, 0.6) is 5.88 Å². The van der Waals surface area contributed by atoms with E-state index in [9.17, 15) is 4.79 Å². The van der Waals surface area contributed by atoms with Crippen molar-refractivity contribution < 1.29 is 14.6 Å². The van der Waals surface area contributed by atoms with Crippen LogP contribution in [-0.4, -0.2) is 27.1 Å². The van der Waals surface area contributed by atoms with Gasteiger partial charge >= 0.3 is 5.97 Å². The SMILES string of the molecule is CC#CC(C)Oc1cnc(C(=O)O)cn1. The second-order valence-electron chi connectivity index (χ2n) is 2.70. The first-order valence-corrected chi connectivity index (χ1v) is 4.27. The topological polar surface area (TPSA) is 72.3 Å². The third-order valence-electron chi connectivity index (χ3n) is 1.49. The van der Waals surface area contributed by atoms with Crippen LogP contribution in [-0.2, 0) is 0 Å². The van der Waals surface area contributed by atoms with Crippen molar-refractivity contribution in [2.75, 3.05) is 0 Å². The molecule has 0 saturated carbocycles. The lowest BCUT2D eigenvalue weighted by Crippen LogP contribution is -2.10. The van der Waals surface area contributed by atoms with Crippen LogP contribution in [0.15, 0.2) is 12.4 Å². The average Bonchev–Trinajstić information content (AvgIpc) is 2.18. The van der Waals surface area contributed by atoms with Crippen molar-refractivity contribution in [2.24, 2.45) is 0 Å². The van der Waals surface area contributed by atoms with E-state index in [1.165, 1.54) is 6.20 Å². The molecule has 5 nitrogen and oxygen atoms in total. The molecule has 1 aromatic heterocycles. The molecule has 0 spiro atoms. The summed E-state index contributed by atoms with van der Waals surface area (Å²) in [6.45, 7) is 3.47. The number of aromatic nitrogens is 2. The molecule has 0 aliphatic rings. The number of hydrogen-bond donors (Lipinski definition) is 1. The Kier molecular flexibility index (Phi) is 3.63. The van der Waals surface area contributed by atoms with E-state index < -0.39 is 5.97 Å². The molecule has 1 N–H and O–H groups in total. The van der Waals surface area contributed by atoms with E-state index in [0.717, 1.165) is 6.20 Å². The predicted molar refractivity (Wildman–Crippen MR) is 52.5 cm³/mol. The largest absolute Gasteiger partial charge is 0.476 e. The Bertz CT molecular complexity index is 403. The van der Waals surface area contributed by atoms with Gasteiger partial charge in [0.15, 0.2) is 11.8 Å². The fourth-order valence-corrected chi connectivity index (χ4v) is 0.901. The third kappa shape index (κ3) is 3.27. The molecule has 1 aromatic rings. The van der Waals surface area contributed by atoms with Crippen LogP contribution in [0.2, 0.25) is 0 Å². The van der Waals surface area contributed by atoms with Crippen LogP contribution < -0.4 is 4.74 Å². The standard InChI is InChI=1S/C10H10N2O3/c1-3-4-7(2)15-9-6-11-8(5-12-9)10(13)14/h5-7H,1-2H3,(H,13,14). The second-order valence-corrected chi connectivity index (χ2v) is 2.70. The summed E-state index contributed by atoms with van der Waals surface area (Å²) in [6, 6.07) is 0. The first kappa shape index (κ1) is 11.0. The van der Waals surface area contributed by atoms with E-state index >= 15 is 0 Å². The maximum Gasteiger partial charge on any atom is 0.356 e. The molecule has 0 fully saturated rings. The molecular weight excluding hydrogens is 196 g/mol. The minimum absolute atomic E-state index is 0.114. The van der Waals surface area contributed by atoms with Crippen molar-refractivity contribution in [1.82, 2.24) is 9.97 Å². The van der Waals surface area contributed by atoms with Crippen molar-refractivity contribution >= 4 is 5.97 Å². The van der Waals surface area contributed by atoms with Crippen LogP contribution in [0.25, 0.3) is 0 Å². The average molecular weight is 206 g/mol. The van der Waals surface area contributed by atoms with Gasteiger partial charge in [0.25, 0.3) is 0 Å². The maximum absolute atomic E-state index is 10.5. The Morgan fingerprint density at radius 2 is 2.27 bits per heavy atom. The summed E-state index contributed by atoms with van der Waals surface area (Å²) in [6.07, 6.45) is 2.11. The number of ether oxygens (including phenoxy) is 1. The summed E-state index contributed by atoms with van der Waals surface area (Å²) in [5.41, 5.74) is -0.114. The van der Waals surface area contributed by atoms with E-state index in [1.54, 1.807) is 13.8 Å². The van der Waals surface area contributed by atoms with E-state index in [2.05, 4.69) is 21.8 Å². The summed E-state index contributed by atoms with van der Waals surface area (Å²) in [7, 11) is 0. The van der Waals surface area contributed by atoms with Crippen LogP contribution >= 0.6 is 0 Å². The van der Waals surface area contributed by atoms with E-state index in [0.29, 0.717) is 0 Å². The van der Waals surface area contributed by atoms with Crippen LogP contribution in [0, 0.1) is 11.8 Å². The van der Waals surface area contributed by atoms with Crippen LogP contribution in [0.3, 0.4) is 0 Å². The van der Waals surface area contributed by atoms with Gasteiger partial charge in [-0.3, -0.25) is 0 Å². The summed E-state index contributed by atoms with van der Waals surface area (Å²) >= 11 is 0. The van der Waals surface area contributed by atoms with Crippen LogP contribution in [0.4, 0.5) is 0 Å². The van der Waals surface area contributed by atoms with E-state index in [4.69, 9.17) is 9.84 Å². The molecule has 0 amide bonds. The summed E-state index contributed by atoms with van der Waals surface area (Å²) in [5, 5.41) is 8.58. The first-order valence-electron chi connectivity index (χ1n) is 4.27. The van der Waals surface area contributed by atoms with Gasteiger partial charge in [-0.1, -0.05) is 5.92 Å². The molecule has 78 valence electrons. The van der Waals surface area contributed by atoms with Gasteiger partial charge in [-0.2, -0.15) is 0 Å². The zero-order valence-electron chi connectivity index (χ0n) is 8.39. The number of carboxylic acids is 1. The van der Waals surface area contributed by atoms with Crippen molar-refractivity contribution in [3.63, 3.8) is 0 Å². The minimum Gasteiger partial charge on any atom is -0.476 e. The first-order chi connectivity index (χ1) is 7.13. The van der Waals surface area contributed by atoms with Gasteiger partial charge in [-0.25, -0.2) is 14.8 Å². The molecule has 0 saturated heterocycles. The van der Waals surface area contributed by atoms with Gasteiger partial charge in [0, 0.05) is 0 Å². The second kappa shape index (κ2) is 4.96. The quantitative estimate of drug-likeness (QED) is 0.746. The molecule has 1 rings (SSSR count). The smallest absolute Gasteiger partial charge is 0.356 e. The number of carbonyl (C=O) groups is 1. The highest BCUT2D eigenvalue weighted by Crippen LogP contribution is 2.06. The Labute approximate surface area is 87.1 Å². The molecule has 1 unspecified atom stereocenters. The fraction of sp³-hybridized carbons (Fsp3) is 0.300. The molecule has 0 aliphatic heterocycles. The molecular formula is C10H10N2O3. The zero-order valence-corrected chi connectivity index (χ0v) is 8.39. The molecule has 0 aliphatic carbocycles. The van der Waals surface area contributed by atoms with Crippen molar-refractivity contribution in [3.8, 4) is 17.7 Å². The molecule has 0 radical (unpaired) electrons. The van der Waals surface area contributed by atoms with E-state index in [1.807, 2.05) is 0 Å². The number of rotatable bonds is 3. The molecule has 1 heterocycles. The van der Waals surface area contributed by atoms with Crippen molar-refractivity contribution in [2.45, 2.75) is 20.0 Å². The number of aromatic carboxylic acids is 1. The predicted octanol–water partition coefficient (Wildman–Crippen LogP) is 0.965. The molecule has 0 aromatic carbocycles. The highest BCUT2D eigenvalue weighted by Gasteiger charge is 2.06. The Morgan fingerprint density at radius 1 is 1.53 bits per heavy atom. The fourth-order valence-electron chi connectivity index (χ4n) is 0.901. The van der Waals surface area contributed by atoms with Gasteiger partial charge < -0.3 is 9.84 Å². The van der Waals surface area contributed by atoms with Gasteiger partial charge in [-0.05, 0) is 13.8 Å². The van der Waals surface area contributed by atoms with Gasteiger partial charge in [0.1, 0.15) is 0 Å². The summed E-state index contributed by atoms with van der Waals surface area (Å²) in [5.74, 6) is 4.62. The van der Waals surface area contributed by atoms with E-state index in [-0.39, 0.29) is 17.7 Å². The molecule has 1 atom stereocenters. The zero-order chi connectivity index (χ0) is 11.3. The Balaban J connectivity index is 2.71. The third-order valence-corrected chi connectivity index (χ3v) is 1.49. The minimum atomic E-state index is -1.12. The maximum atomic E-state index is 10.5. The number of hydrogen-bond acceptors (Lipinski definition) is 4. The Hall–Kier alpha value is -2.09. The number of nitrogens with zero attached hydrogens (tertiary/aromatic N) is 2. The van der Waals surface area contributed by atoms with Crippen molar-refractivity contribution in [3.05, 3.63) is 18.1 Å². The van der Waals surface area contributed by atoms with Gasteiger partial charge in [0.2, 0.25) is 5.88 Å². The normalized spacial score (nSPS) is 11.1. The van der Waals surface area contributed by atoms with Crippen LogP contribution in [0.1, 0.15) is 24.3 Å². The lowest BCUT2D eigenvalue weighted by atomic mass is 10.4. The summed E-state index contributed by atoms with van der Waals surface area (Å²) < 4.78 is 5.25. The van der Waals surface area contributed by atoms with Gasteiger partial charge in [0.05, 0.1) is 12.4 Å². The summed E-state index contributed by atoms with van der Waals surface area (Å²) in [4.78, 5) is 17.9. The van der Waals surface area contributed by atoms with Gasteiger partial charge in [-0.15, -0.1) is 5.92 Å². The molecule has 0 bridgehead atoms. The highest BCUT2D eigenvalue weighted by molar-refractivity contribution is 5.84.